The van der Waals surface area contributed by atoms with E-state index < -0.39 is 23.9 Å². The van der Waals surface area contributed by atoms with E-state index >= 15 is 0 Å². The second-order valence-electron chi connectivity index (χ2n) is 10.2. The number of hydrogen-bond donors (Lipinski definition) is 1. The minimum absolute atomic E-state index is 0.0461. The Labute approximate surface area is 243 Å². The predicted molar refractivity (Wildman–Crippen MR) is 154 cm³/mol. The zero-order valence-corrected chi connectivity index (χ0v) is 23.6. The number of nitrogens with zero attached hydrogens (tertiary/aromatic N) is 2. The molecule has 0 saturated carbocycles. The fraction of sp³-hybridized carbons (Fsp3) is 0.273. The first-order chi connectivity index (χ1) is 20.1. The van der Waals surface area contributed by atoms with Crippen LogP contribution in [0.15, 0.2) is 91.1 Å². The summed E-state index contributed by atoms with van der Waals surface area (Å²) in [7, 11) is 1.49. The van der Waals surface area contributed by atoms with Crippen LogP contribution in [-0.4, -0.2) is 34.7 Å². The summed E-state index contributed by atoms with van der Waals surface area (Å²) in [4.78, 5) is 18.8. The number of rotatable bonds is 10. The highest BCUT2D eigenvalue weighted by molar-refractivity contribution is 5.76. The molecular formula is C33H33F3N2O4. The van der Waals surface area contributed by atoms with Crippen LogP contribution in [0.4, 0.5) is 18.0 Å². The number of halogens is 3. The van der Waals surface area contributed by atoms with Crippen molar-refractivity contribution >= 4 is 6.09 Å². The molecule has 1 atom stereocenters. The Balaban J connectivity index is 1.76. The Morgan fingerprint density at radius 2 is 1.69 bits per heavy atom. The molecule has 4 rings (SSSR count). The molecule has 1 unspecified atom stereocenters. The lowest BCUT2D eigenvalue weighted by Gasteiger charge is -2.26. The van der Waals surface area contributed by atoms with Crippen LogP contribution < -0.4 is 4.74 Å². The van der Waals surface area contributed by atoms with Gasteiger partial charge in [-0.05, 0) is 64.6 Å². The molecule has 3 aromatic carbocycles. The Kier molecular flexibility index (Phi) is 9.85. The number of benzene rings is 3. The third kappa shape index (κ3) is 7.67. The number of aromatic nitrogens is 1. The number of methoxy groups -OCH3 is 1. The van der Waals surface area contributed by atoms with Gasteiger partial charge < -0.3 is 19.5 Å². The first-order valence-corrected chi connectivity index (χ1v) is 13.5. The van der Waals surface area contributed by atoms with E-state index in [1.54, 1.807) is 48.5 Å². The first kappa shape index (κ1) is 30.6. The fourth-order valence-electron chi connectivity index (χ4n) is 4.55. The standard InChI is InChI=1S/C33H33F3N2O4/c1-22(2)24-12-15-31(41-3)28(18-24)27-14-13-26(33(34,35)36)17-25(27)19-38(20-30(39)29-11-7-8-16-37-29)32(40)42-21-23-9-5-4-6-10-23/h4-18,22,30,39H,19-21H2,1-3H3. The number of ether oxygens (including phenoxy) is 2. The molecule has 0 saturated heterocycles. The monoisotopic (exact) mass is 578 g/mol. The number of aliphatic hydroxyl groups is 1. The van der Waals surface area contributed by atoms with Crippen molar-refractivity contribution in [3.63, 3.8) is 0 Å². The maximum absolute atomic E-state index is 13.9. The largest absolute Gasteiger partial charge is 0.496 e. The van der Waals surface area contributed by atoms with Gasteiger partial charge in [0.1, 0.15) is 18.5 Å². The zero-order chi connectivity index (χ0) is 30.3. The third-order valence-corrected chi connectivity index (χ3v) is 6.86. The molecule has 1 amide bonds. The molecule has 220 valence electrons. The molecule has 0 fully saturated rings. The summed E-state index contributed by atoms with van der Waals surface area (Å²) in [6.45, 7) is 3.45. The van der Waals surface area contributed by atoms with E-state index in [9.17, 15) is 23.1 Å². The van der Waals surface area contributed by atoms with Crippen molar-refractivity contribution < 1.29 is 32.5 Å². The summed E-state index contributed by atoms with van der Waals surface area (Å²) in [6.07, 6.45) is -5.10. The van der Waals surface area contributed by atoms with Crippen molar-refractivity contribution in [2.45, 2.75) is 45.2 Å². The molecule has 0 aliphatic heterocycles. The number of hydrogen-bond acceptors (Lipinski definition) is 5. The van der Waals surface area contributed by atoms with Crippen molar-refractivity contribution in [1.82, 2.24) is 9.88 Å². The molecule has 0 spiro atoms. The summed E-state index contributed by atoms with van der Waals surface area (Å²) >= 11 is 0. The third-order valence-electron chi connectivity index (χ3n) is 6.86. The minimum Gasteiger partial charge on any atom is -0.496 e. The summed E-state index contributed by atoms with van der Waals surface area (Å²) in [5, 5.41) is 10.9. The van der Waals surface area contributed by atoms with E-state index in [1.165, 1.54) is 24.3 Å². The van der Waals surface area contributed by atoms with Gasteiger partial charge in [-0.3, -0.25) is 4.98 Å². The van der Waals surface area contributed by atoms with Crippen LogP contribution in [0.3, 0.4) is 0 Å². The maximum Gasteiger partial charge on any atom is 0.416 e. The van der Waals surface area contributed by atoms with Crippen molar-refractivity contribution in [2.75, 3.05) is 13.7 Å². The van der Waals surface area contributed by atoms with E-state index in [1.807, 2.05) is 32.0 Å². The molecule has 9 heteroatoms. The fourth-order valence-corrected chi connectivity index (χ4v) is 4.55. The van der Waals surface area contributed by atoms with Crippen LogP contribution in [0.25, 0.3) is 11.1 Å². The van der Waals surface area contributed by atoms with Crippen molar-refractivity contribution in [3.8, 4) is 16.9 Å². The first-order valence-electron chi connectivity index (χ1n) is 13.5. The number of carbonyl (C=O) groups excluding carboxylic acids is 1. The topological polar surface area (TPSA) is 71.9 Å². The van der Waals surface area contributed by atoms with E-state index in [4.69, 9.17) is 9.47 Å². The van der Waals surface area contributed by atoms with Crippen molar-refractivity contribution in [2.24, 2.45) is 0 Å². The van der Waals surface area contributed by atoms with E-state index in [-0.39, 0.29) is 31.2 Å². The molecule has 0 aliphatic rings. The average Bonchev–Trinajstić information content (AvgIpc) is 2.99. The smallest absolute Gasteiger partial charge is 0.416 e. The van der Waals surface area contributed by atoms with Gasteiger partial charge in [0.15, 0.2) is 0 Å². The summed E-state index contributed by atoms with van der Waals surface area (Å²) in [5.74, 6) is 0.637. The Bertz CT molecular complexity index is 1480. The van der Waals surface area contributed by atoms with Gasteiger partial charge in [0, 0.05) is 18.3 Å². The number of aliphatic hydroxyl groups excluding tert-OH is 1. The molecule has 42 heavy (non-hydrogen) atoms. The van der Waals surface area contributed by atoms with Crippen LogP contribution in [0.5, 0.6) is 5.75 Å². The molecule has 1 aromatic heterocycles. The number of alkyl halides is 3. The summed E-state index contributed by atoms with van der Waals surface area (Å²) < 4.78 is 52.7. The normalized spacial score (nSPS) is 12.2. The van der Waals surface area contributed by atoms with E-state index in [0.717, 1.165) is 23.3 Å². The minimum atomic E-state index is -4.61. The lowest BCUT2D eigenvalue weighted by molar-refractivity contribution is -0.137. The van der Waals surface area contributed by atoms with Crippen LogP contribution in [0.1, 0.15) is 53.8 Å². The number of pyridine rings is 1. The van der Waals surface area contributed by atoms with Crippen LogP contribution in [0, 0.1) is 0 Å². The van der Waals surface area contributed by atoms with Gasteiger partial charge in [0.2, 0.25) is 0 Å². The molecule has 0 radical (unpaired) electrons. The molecule has 0 bridgehead atoms. The van der Waals surface area contributed by atoms with Gasteiger partial charge in [0.05, 0.1) is 24.9 Å². The number of amides is 1. The van der Waals surface area contributed by atoms with Gasteiger partial charge in [-0.1, -0.05) is 62.4 Å². The lowest BCUT2D eigenvalue weighted by Crippen LogP contribution is -2.35. The molecule has 6 nitrogen and oxygen atoms in total. The highest BCUT2D eigenvalue weighted by Gasteiger charge is 2.32. The van der Waals surface area contributed by atoms with Gasteiger partial charge in [-0.2, -0.15) is 13.2 Å². The molecule has 4 aromatic rings. The van der Waals surface area contributed by atoms with Crippen molar-refractivity contribution in [3.05, 3.63) is 119 Å². The second-order valence-corrected chi connectivity index (χ2v) is 10.2. The number of carbonyl (C=O) groups is 1. The van der Waals surface area contributed by atoms with E-state index in [0.29, 0.717) is 22.6 Å². The summed E-state index contributed by atoms with van der Waals surface area (Å²) in [5.41, 5.74) is 2.45. The van der Waals surface area contributed by atoms with Crippen molar-refractivity contribution in [1.29, 1.82) is 0 Å². The highest BCUT2D eigenvalue weighted by Crippen LogP contribution is 2.39. The molecule has 1 heterocycles. The lowest BCUT2D eigenvalue weighted by atomic mass is 9.92. The zero-order valence-electron chi connectivity index (χ0n) is 23.6. The van der Waals surface area contributed by atoms with E-state index in [2.05, 4.69) is 4.98 Å². The molecule has 1 N–H and O–H groups in total. The molecule has 0 aliphatic carbocycles. The van der Waals surface area contributed by atoms with Crippen LogP contribution in [-0.2, 0) is 24.1 Å². The Morgan fingerprint density at radius 1 is 0.952 bits per heavy atom. The van der Waals surface area contributed by atoms with Crippen LogP contribution in [0.2, 0.25) is 0 Å². The SMILES string of the molecule is COc1ccc(C(C)C)cc1-c1ccc(C(F)(F)F)cc1CN(CC(O)c1ccccn1)C(=O)OCc1ccccc1. The van der Waals surface area contributed by atoms with Gasteiger partial charge in [-0.15, -0.1) is 0 Å². The van der Waals surface area contributed by atoms with Gasteiger partial charge in [-0.25, -0.2) is 4.79 Å². The quantitative estimate of drug-likeness (QED) is 0.208. The molecular weight excluding hydrogens is 545 g/mol. The van der Waals surface area contributed by atoms with Gasteiger partial charge >= 0.3 is 12.3 Å². The predicted octanol–water partition coefficient (Wildman–Crippen LogP) is 7.77. The average molecular weight is 579 g/mol. The van der Waals surface area contributed by atoms with Gasteiger partial charge in [0.25, 0.3) is 0 Å². The highest BCUT2D eigenvalue weighted by atomic mass is 19.4. The Morgan fingerprint density at radius 3 is 2.33 bits per heavy atom. The second kappa shape index (κ2) is 13.5. The Hall–Kier alpha value is -4.37. The van der Waals surface area contributed by atoms with Crippen LogP contribution >= 0.6 is 0 Å². The summed E-state index contributed by atoms with van der Waals surface area (Å²) in [6, 6.07) is 23.0. The maximum atomic E-state index is 13.9.